The number of nitrogens with zero attached hydrogens (tertiary/aromatic N) is 5. The number of hydrogen-bond donors (Lipinski definition) is 1. The van der Waals surface area contributed by atoms with Crippen LogP contribution in [0, 0.1) is 0 Å². The first-order valence-corrected chi connectivity index (χ1v) is 9.65. The lowest BCUT2D eigenvalue weighted by Gasteiger charge is -2.36. The SMILES string of the molecule is C=Cc1cnc(NC2CC(n3c(=O)n(C4CC4)c4cccnc43)C2)nc1C=C. The lowest BCUT2D eigenvalue weighted by atomic mass is 9.86. The molecule has 7 nitrogen and oxygen atoms in total. The van der Waals surface area contributed by atoms with Crippen LogP contribution in [0.15, 0.2) is 42.5 Å². The van der Waals surface area contributed by atoms with Gasteiger partial charge in [0.05, 0.1) is 11.2 Å². The second-order valence-corrected chi connectivity index (χ2v) is 7.51. The number of rotatable bonds is 6. The maximum atomic E-state index is 13.0. The van der Waals surface area contributed by atoms with Gasteiger partial charge in [-0.15, -0.1) is 0 Å². The molecule has 0 radical (unpaired) electrons. The maximum absolute atomic E-state index is 13.0. The van der Waals surface area contributed by atoms with E-state index in [9.17, 15) is 4.79 Å². The van der Waals surface area contributed by atoms with E-state index in [0.29, 0.717) is 12.0 Å². The van der Waals surface area contributed by atoms with Crippen LogP contribution in [-0.4, -0.2) is 30.1 Å². The number of imidazole rings is 1. The minimum atomic E-state index is 0.0696. The first-order valence-electron chi connectivity index (χ1n) is 9.65. The highest BCUT2D eigenvalue weighted by atomic mass is 16.2. The third kappa shape index (κ3) is 2.66. The summed E-state index contributed by atoms with van der Waals surface area (Å²) in [5.74, 6) is 0.579. The highest BCUT2D eigenvalue weighted by Gasteiger charge is 2.36. The van der Waals surface area contributed by atoms with Gasteiger partial charge in [0, 0.05) is 36.1 Å². The van der Waals surface area contributed by atoms with Crippen LogP contribution in [0.1, 0.15) is 49.0 Å². The molecule has 0 amide bonds. The molecule has 0 aliphatic heterocycles. The van der Waals surface area contributed by atoms with Gasteiger partial charge in [-0.3, -0.25) is 9.13 Å². The van der Waals surface area contributed by atoms with Crippen molar-refractivity contribution in [3.8, 4) is 0 Å². The average Bonchev–Trinajstić information content (AvgIpc) is 3.48. The Morgan fingerprint density at radius 3 is 2.64 bits per heavy atom. The average molecular weight is 374 g/mol. The molecule has 0 aromatic carbocycles. The Labute approximate surface area is 162 Å². The molecule has 2 saturated carbocycles. The van der Waals surface area contributed by atoms with Crippen molar-refractivity contribution < 1.29 is 0 Å². The Balaban J connectivity index is 1.37. The second-order valence-electron chi connectivity index (χ2n) is 7.51. The monoisotopic (exact) mass is 374 g/mol. The van der Waals surface area contributed by atoms with Gasteiger partial charge in [0.2, 0.25) is 5.95 Å². The van der Waals surface area contributed by atoms with Crippen LogP contribution in [-0.2, 0) is 0 Å². The van der Waals surface area contributed by atoms with Crippen LogP contribution >= 0.6 is 0 Å². The van der Waals surface area contributed by atoms with Crippen LogP contribution in [0.3, 0.4) is 0 Å². The minimum Gasteiger partial charge on any atom is -0.351 e. The van der Waals surface area contributed by atoms with Crippen molar-refractivity contribution in [3.63, 3.8) is 0 Å². The van der Waals surface area contributed by atoms with Crippen molar-refractivity contribution in [2.24, 2.45) is 0 Å². The van der Waals surface area contributed by atoms with E-state index in [-0.39, 0.29) is 17.8 Å². The molecule has 0 saturated heterocycles. The number of anilines is 1. The van der Waals surface area contributed by atoms with Gasteiger partial charge in [0.25, 0.3) is 0 Å². The van der Waals surface area contributed by atoms with Gasteiger partial charge in [-0.05, 0) is 43.9 Å². The molecule has 3 aromatic heterocycles. The molecular formula is C21H22N6O. The number of fused-ring (bicyclic) bond motifs is 1. The summed E-state index contributed by atoms with van der Waals surface area (Å²) in [5.41, 5.74) is 3.43. The zero-order valence-electron chi connectivity index (χ0n) is 15.6. The normalized spacial score (nSPS) is 21.3. The van der Waals surface area contributed by atoms with Crippen LogP contribution in [0.4, 0.5) is 5.95 Å². The van der Waals surface area contributed by atoms with E-state index in [2.05, 4.69) is 33.4 Å². The van der Waals surface area contributed by atoms with Crippen molar-refractivity contribution in [1.29, 1.82) is 0 Å². The van der Waals surface area contributed by atoms with E-state index in [1.807, 2.05) is 21.3 Å². The molecule has 5 rings (SSSR count). The molecule has 3 heterocycles. The molecule has 2 aliphatic rings. The van der Waals surface area contributed by atoms with E-state index in [1.54, 1.807) is 24.5 Å². The Bertz CT molecular complexity index is 1130. The lowest BCUT2D eigenvalue weighted by Crippen LogP contribution is -2.41. The van der Waals surface area contributed by atoms with Gasteiger partial charge in [0.1, 0.15) is 0 Å². The van der Waals surface area contributed by atoms with E-state index in [4.69, 9.17) is 0 Å². The Morgan fingerprint density at radius 2 is 1.93 bits per heavy atom. The Kier molecular flexibility index (Phi) is 3.89. The second kappa shape index (κ2) is 6.44. The van der Waals surface area contributed by atoms with Gasteiger partial charge in [0.15, 0.2) is 5.65 Å². The number of nitrogens with one attached hydrogen (secondary N) is 1. The van der Waals surface area contributed by atoms with Gasteiger partial charge in [-0.25, -0.2) is 19.7 Å². The fraction of sp³-hybridized carbons (Fsp3) is 0.333. The zero-order valence-corrected chi connectivity index (χ0v) is 15.6. The molecule has 7 heteroatoms. The third-order valence-electron chi connectivity index (χ3n) is 5.65. The Hall–Kier alpha value is -3.22. The first kappa shape index (κ1) is 16.9. The zero-order chi connectivity index (χ0) is 19.3. The molecule has 142 valence electrons. The fourth-order valence-corrected chi connectivity index (χ4v) is 3.98. The minimum absolute atomic E-state index is 0.0696. The van der Waals surface area contributed by atoms with Gasteiger partial charge < -0.3 is 5.32 Å². The van der Waals surface area contributed by atoms with Crippen LogP contribution < -0.4 is 11.0 Å². The summed E-state index contributed by atoms with van der Waals surface area (Å²) in [6, 6.07) is 4.61. The molecule has 0 bridgehead atoms. The van der Waals surface area contributed by atoms with Gasteiger partial charge in [-0.1, -0.05) is 19.2 Å². The van der Waals surface area contributed by atoms with Crippen molar-refractivity contribution in [2.75, 3.05) is 5.32 Å². The van der Waals surface area contributed by atoms with Crippen LogP contribution in [0.5, 0.6) is 0 Å². The number of pyridine rings is 1. The van der Waals surface area contributed by atoms with Crippen molar-refractivity contribution in [3.05, 3.63) is 59.4 Å². The highest BCUT2D eigenvalue weighted by Crippen LogP contribution is 2.39. The Morgan fingerprint density at radius 1 is 1.11 bits per heavy atom. The summed E-state index contributed by atoms with van der Waals surface area (Å²) >= 11 is 0. The first-order chi connectivity index (χ1) is 13.7. The van der Waals surface area contributed by atoms with Crippen molar-refractivity contribution in [2.45, 2.75) is 43.8 Å². The maximum Gasteiger partial charge on any atom is 0.330 e. The quantitative estimate of drug-likeness (QED) is 0.715. The van der Waals surface area contributed by atoms with E-state index in [0.717, 1.165) is 48.1 Å². The van der Waals surface area contributed by atoms with E-state index in [1.165, 1.54) is 0 Å². The van der Waals surface area contributed by atoms with Crippen LogP contribution in [0.25, 0.3) is 23.3 Å². The number of aromatic nitrogens is 5. The molecule has 0 unspecified atom stereocenters. The van der Waals surface area contributed by atoms with Crippen LogP contribution in [0.2, 0.25) is 0 Å². The summed E-state index contributed by atoms with van der Waals surface area (Å²) in [4.78, 5) is 26.4. The number of hydrogen-bond acceptors (Lipinski definition) is 5. The lowest BCUT2D eigenvalue weighted by molar-refractivity contribution is 0.279. The summed E-state index contributed by atoms with van der Waals surface area (Å²) in [6.45, 7) is 7.56. The molecule has 2 fully saturated rings. The van der Waals surface area contributed by atoms with Crippen molar-refractivity contribution in [1.82, 2.24) is 24.1 Å². The summed E-state index contributed by atoms with van der Waals surface area (Å²) in [6.07, 6.45) is 10.8. The van der Waals surface area contributed by atoms with Gasteiger partial charge in [-0.2, -0.15) is 0 Å². The van der Waals surface area contributed by atoms with E-state index < -0.39 is 0 Å². The summed E-state index contributed by atoms with van der Waals surface area (Å²) in [7, 11) is 0. The molecule has 2 aliphatic carbocycles. The summed E-state index contributed by atoms with van der Waals surface area (Å²) in [5, 5.41) is 3.37. The molecule has 0 atom stereocenters. The standard InChI is InChI=1S/C21H22N6O/c1-3-13-12-23-20(25-17(13)4-2)24-14-10-16(11-14)27-19-18(6-5-9-22-19)26(21(27)28)15-7-8-15/h3-6,9,12,14-16H,1-2,7-8,10-11H2,(H,23,24,25). The smallest absolute Gasteiger partial charge is 0.330 e. The fourth-order valence-electron chi connectivity index (χ4n) is 3.98. The largest absolute Gasteiger partial charge is 0.351 e. The molecule has 0 spiro atoms. The third-order valence-corrected chi connectivity index (χ3v) is 5.65. The predicted octanol–water partition coefficient (Wildman–Crippen LogP) is 3.42. The van der Waals surface area contributed by atoms with Crippen molar-refractivity contribution >= 4 is 29.3 Å². The topological polar surface area (TPSA) is 77.6 Å². The van der Waals surface area contributed by atoms with Gasteiger partial charge >= 0.3 is 5.69 Å². The molecule has 1 N–H and O–H groups in total. The molecule has 3 aromatic rings. The van der Waals surface area contributed by atoms with E-state index >= 15 is 0 Å². The predicted molar refractivity (Wildman–Crippen MR) is 110 cm³/mol. The molecular weight excluding hydrogens is 352 g/mol. The molecule has 28 heavy (non-hydrogen) atoms. The summed E-state index contributed by atoms with van der Waals surface area (Å²) < 4.78 is 3.80. The highest BCUT2D eigenvalue weighted by molar-refractivity contribution is 5.72.